The number of hydrogen-bond donors (Lipinski definition) is 2. The molecule has 6 nitrogen and oxygen atoms in total. The Labute approximate surface area is 176 Å². The van der Waals surface area contributed by atoms with Crippen molar-refractivity contribution >= 4 is 39.1 Å². The predicted octanol–water partition coefficient (Wildman–Crippen LogP) is 4.77. The van der Waals surface area contributed by atoms with Gasteiger partial charge in [-0.2, -0.15) is 0 Å². The van der Waals surface area contributed by atoms with Crippen LogP contribution >= 0.6 is 11.3 Å². The predicted molar refractivity (Wildman–Crippen MR) is 117 cm³/mol. The molecule has 4 aromatic rings. The van der Waals surface area contributed by atoms with Crippen LogP contribution in [0.5, 0.6) is 5.75 Å². The van der Waals surface area contributed by atoms with Crippen molar-refractivity contribution in [2.45, 2.75) is 6.92 Å². The normalized spacial score (nSPS) is 10.7. The molecule has 0 fully saturated rings. The van der Waals surface area contributed by atoms with Gasteiger partial charge in [-0.25, -0.2) is 9.78 Å². The number of amides is 1. The van der Waals surface area contributed by atoms with Gasteiger partial charge in [0.2, 0.25) is 0 Å². The quantitative estimate of drug-likeness (QED) is 0.456. The van der Waals surface area contributed by atoms with Gasteiger partial charge < -0.3 is 9.84 Å². The summed E-state index contributed by atoms with van der Waals surface area (Å²) < 4.78 is 5.06. The summed E-state index contributed by atoms with van der Waals surface area (Å²) in [6, 6.07) is 18.3. The molecule has 2 N–H and O–H groups in total. The van der Waals surface area contributed by atoms with Gasteiger partial charge in [0.1, 0.15) is 11.3 Å². The number of anilines is 1. The molecule has 150 valence electrons. The molecule has 0 spiro atoms. The van der Waals surface area contributed by atoms with Crippen molar-refractivity contribution in [3.8, 4) is 17.0 Å². The topological polar surface area (TPSA) is 88.5 Å². The van der Waals surface area contributed by atoms with Gasteiger partial charge >= 0.3 is 5.97 Å². The number of phenols is 1. The number of aromatic nitrogens is 1. The van der Waals surface area contributed by atoms with E-state index in [0.717, 1.165) is 27.6 Å². The molecule has 0 aliphatic heterocycles. The molecule has 0 saturated heterocycles. The summed E-state index contributed by atoms with van der Waals surface area (Å²) in [5.41, 5.74) is 2.88. The highest BCUT2D eigenvalue weighted by Crippen LogP contribution is 2.26. The Balaban J connectivity index is 1.37. The fourth-order valence-electron chi connectivity index (χ4n) is 2.94. The van der Waals surface area contributed by atoms with Crippen molar-refractivity contribution in [1.29, 1.82) is 0 Å². The van der Waals surface area contributed by atoms with E-state index in [2.05, 4.69) is 10.3 Å². The van der Waals surface area contributed by atoms with E-state index in [0.29, 0.717) is 5.13 Å². The van der Waals surface area contributed by atoms with Crippen LogP contribution < -0.4 is 5.32 Å². The molecule has 3 aromatic carbocycles. The van der Waals surface area contributed by atoms with Gasteiger partial charge in [-0.15, -0.1) is 11.3 Å². The number of hydrogen-bond acceptors (Lipinski definition) is 6. The molecule has 7 heteroatoms. The third-order valence-electron chi connectivity index (χ3n) is 4.52. The fraction of sp³-hybridized carbons (Fsp3) is 0.0870. The van der Waals surface area contributed by atoms with Crippen molar-refractivity contribution in [3.05, 3.63) is 77.2 Å². The van der Waals surface area contributed by atoms with Crippen molar-refractivity contribution in [1.82, 2.24) is 4.98 Å². The number of carbonyl (C=O) groups excluding carboxylic acids is 2. The molecule has 30 heavy (non-hydrogen) atoms. The molecule has 0 aliphatic carbocycles. The Bertz CT molecular complexity index is 1230. The first-order valence-corrected chi connectivity index (χ1v) is 10.1. The fourth-order valence-corrected chi connectivity index (χ4v) is 3.68. The lowest BCUT2D eigenvalue weighted by atomic mass is 10.1. The molecular formula is C23H18N2O4S. The first kappa shape index (κ1) is 19.6. The standard InChI is InChI=1S/C23H18N2O4S/c1-14-6-8-15(9-7-14)19-13-30-23(24-19)25-21(27)12-29-22(28)18-10-16-4-2-3-5-17(16)11-20(18)26/h2-11,13,26H,12H2,1H3,(H,24,25,27). The smallest absolute Gasteiger partial charge is 0.342 e. The lowest BCUT2D eigenvalue weighted by molar-refractivity contribution is -0.119. The molecule has 0 unspecified atom stereocenters. The van der Waals surface area contributed by atoms with E-state index in [4.69, 9.17) is 4.74 Å². The highest BCUT2D eigenvalue weighted by atomic mass is 32.1. The number of nitrogens with zero attached hydrogens (tertiary/aromatic N) is 1. The number of aryl methyl sites for hydroxylation is 1. The molecule has 1 aromatic heterocycles. The number of esters is 1. The summed E-state index contributed by atoms with van der Waals surface area (Å²) >= 11 is 1.29. The summed E-state index contributed by atoms with van der Waals surface area (Å²) in [6.45, 7) is 1.53. The van der Waals surface area contributed by atoms with Gasteiger partial charge in [0.25, 0.3) is 5.91 Å². The number of nitrogens with one attached hydrogen (secondary N) is 1. The van der Waals surface area contributed by atoms with Gasteiger partial charge in [-0.05, 0) is 29.8 Å². The second-order valence-corrected chi connectivity index (χ2v) is 7.60. The SMILES string of the molecule is Cc1ccc(-c2csc(NC(=O)COC(=O)c3cc4ccccc4cc3O)n2)cc1. The molecule has 4 rings (SSSR count). The highest BCUT2D eigenvalue weighted by molar-refractivity contribution is 7.14. The van der Waals surface area contributed by atoms with Crippen molar-refractivity contribution in [3.63, 3.8) is 0 Å². The van der Waals surface area contributed by atoms with E-state index >= 15 is 0 Å². The lowest BCUT2D eigenvalue weighted by Crippen LogP contribution is -2.20. The number of fused-ring (bicyclic) bond motifs is 1. The third kappa shape index (κ3) is 4.31. The number of carbonyl (C=O) groups is 2. The van der Waals surface area contributed by atoms with Crippen molar-refractivity contribution in [2.75, 3.05) is 11.9 Å². The Kier molecular flexibility index (Phi) is 5.45. The molecule has 0 atom stereocenters. The number of ether oxygens (including phenoxy) is 1. The Hall–Kier alpha value is -3.71. The maximum atomic E-state index is 12.3. The Morgan fingerprint density at radius 1 is 1.07 bits per heavy atom. The largest absolute Gasteiger partial charge is 0.507 e. The minimum atomic E-state index is -0.770. The van der Waals surface area contributed by atoms with Crippen LogP contribution in [0.2, 0.25) is 0 Å². The zero-order valence-electron chi connectivity index (χ0n) is 16.1. The number of aromatic hydroxyl groups is 1. The molecule has 1 heterocycles. The van der Waals surface area contributed by atoms with Crippen LogP contribution in [-0.2, 0) is 9.53 Å². The molecule has 0 bridgehead atoms. The van der Waals surface area contributed by atoms with E-state index in [1.54, 1.807) is 6.07 Å². The van der Waals surface area contributed by atoms with Crippen LogP contribution in [0.3, 0.4) is 0 Å². The van der Waals surface area contributed by atoms with Crippen LogP contribution in [0.1, 0.15) is 15.9 Å². The maximum Gasteiger partial charge on any atom is 0.342 e. The van der Waals surface area contributed by atoms with E-state index in [-0.39, 0.29) is 11.3 Å². The first-order chi connectivity index (χ1) is 14.5. The van der Waals surface area contributed by atoms with E-state index < -0.39 is 18.5 Å². The second kappa shape index (κ2) is 8.34. The average molecular weight is 418 g/mol. The van der Waals surface area contributed by atoms with Gasteiger partial charge in [0.05, 0.1) is 5.69 Å². The number of benzene rings is 3. The summed E-state index contributed by atoms with van der Waals surface area (Å²) in [5.74, 6) is -1.47. The third-order valence-corrected chi connectivity index (χ3v) is 5.27. The van der Waals surface area contributed by atoms with Crippen LogP contribution in [0.25, 0.3) is 22.0 Å². The van der Waals surface area contributed by atoms with Gasteiger partial charge in [-0.3, -0.25) is 10.1 Å². The minimum absolute atomic E-state index is 0.0115. The number of phenolic OH excluding ortho intramolecular Hbond substituents is 1. The molecule has 0 radical (unpaired) electrons. The zero-order chi connectivity index (χ0) is 21.1. The Morgan fingerprint density at radius 2 is 1.77 bits per heavy atom. The summed E-state index contributed by atoms with van der Waals surface area (Å²) in [4.78, 5) is 28.8. The molecule has 0 saturated carbocycles. The van der Waals surface area contributed by atoms with Crippen LogP contribution in [0.4, 0.5) is 5.13 Å². The van der Waals surface area contributed by atoms with Gasteiger partial charge in [-0.1, -0.05) is 54.1 Å². The summed E-state index contributed by atoms with van der Waals surface area (Å²) in [6.07, 6.45) is 0. The van der Waals surface area contributed by atoms with E-state index in [1.165, 1.54) is 17.4 Å². The average Bonchev–Trinajstić information content (AvgIpc) is 3.20. The van der Waals surface area contributed by atoms with Crippen LogP contribution in [0, 0.1) is 6.92 Å². The van der Waals surface area contributed by atoms with Crippen LogP contribution in [-0.4, -0.2) is 28.6 Å². The van der Waals surface area contributed by atoms with Crippen LogP contribution in [0.15, 0.2) is 66.0 Å². The number of thiazole rings is 1. The van der Waals surface area contributed by atoms with E-state index in [1.807, 2.05) is 60.8 Å². The monoisotopic (exact) mass is 418 g/mol. The van der Waals surface area contributed by atoms with Gasteiger partial charge in [0, 0.05) is 10.9 Å². The zero-order valence-corrected chi connectivity index (χ0v) is 16.9. The van der Waals surface area contributed by atoms with Crippen molar-refractivity contribution < 1.29 is 19.4 Å². The van der Waals surface area contributed by atoms with E-state index in [9.17, 15) is 14.7 Å². The maximum absolute atomic E-state index is 12.3. The Morgan fingerprint density at radius 3 is 2.50 bits per heavy atom. The van der Waals surface area contributed by atoms with Crippen molar-refractivity contribution in [2.24, 2.45) is 0 Å². The number of rotatable bonds is 5. The molecular weight excluding hydrogens is 400 g/mol. The first-order valence-electron chi connectivity index (χ1n) is 9.21. The molecule has 1 amide bonds. The summed E-state index contributed by atoms with van der Waals surface area (Å²) in [5, 5.41) is 16.6. The second-order valence-electron chi connectivity index (χ2n) is 6.74. The van der Waals surface area contributed by atoms with Gasteiger partial charge in [0.15, 0.2) is 11.7 Å². The summed E-state index contributed by atoms with van der Waals surface area (Å²) in [7, 11) is 0. The lowest BCUT2D eigenvalue weighted by Gasteiger charge is -2.08. The highest BCUT2D eigenvalue weighted by Gasteiger charge is 2.16. The minimum Gasteiger partial charge on any atom is -0.507 e. The molecule has 0 aliphatic rings.